The molecule has 2 rings (SSSR count). The molecule has 7 nitrogen and oxygen atoms in total. The van der Waals surface area contributed by atoms with Gasteiger partial charge in [0.25, 0.3) is 5.78 Å². The number of fused-ring (bicyclic) bond motifs is 1. The van der Waals surface area contributed by atoms with E-state index < -0.39 is 23.9 Å². The van der Waals surface area contributed by atoms with Gasteiger partial charge in [0, 0.05) is 6.07 Å². The van der Waals surface area contributed by atoms with Crippen molar-refractivity contribution in [2.45, 2.75) is 19.1 Å². The van der Waals surface area contributed by atoms with Gasteiger partial charge >= 0.3 is 12.1 Å². The summed E-state index contributed by atoms with van der Waals surface area (Å²) >= 11 is 0. The van der Waals surface area contributed by atoms with Crippen molar-refractivity contribution in [3.05, 3.63) is 18.1 Å². The Labute approximate surface area is 104 Å². The smallest absolute Gasteiger partial charge is 0.433 e. The lowest BCUT2D eigenvalue weighted by molar-refractivity contribution is -0.141. The summed E-state index contributed by atoms with van der Waals surface area (Å²) < 4.78 is 38.9. The van der Waals surface area contributed by atoms with Gasteiger partial charge in [0.2, 0.25) is 0 Å². The zero-order valence-corrected chi connectivity index (χ0v) is 9.51. The lowest BCUT2D eigenvalue weighted by Crippen LogP contribution is -2.27. The lowest BCUT2D eigenvalue weighted by atomic mass is 10.3. The van der Waals surface area contributed by atoms with Crippen LogP contribution < -0.4 is 5.32 Å². The van der Waals surface area contributed by atoms with Crippen molar-refractivity contribution in [1.29, 1.82) is 0 Å². The van der Waals surface area contributed by atoms with Gasteiger partial charge in [-0.15, -0.1) is 0 Å². The van der Waals surface area contributed by atoms with E-state index in [1.807, 2.05) is 0 Å². The normalized spacial score (nSPS) is 13.5. The third kappa shape index (κ3) is 2.56. The largest absolute Gasteiger partial charge is 0.480 e. The molecule has 102 valence electrons. The third-order valence-electron chi connectivity index (χ3n) is 2.28. The molecule has 0 fully saturated rings. The zero-order chi connectivity index (χ0) is 14.2. The van der Waals surface area contributed by atoms with Crippen LogP contribution in [0.25, 0.3) is 5.78 Å². The van der Waals surface area contributed by atoms with Gasteiger partial charge in [-0.05, 0) is 6.92 Å². The summed E-state index contributed by atoms with van der Waals surface area (Å²) in [5.74, 6) is -1.63. The molecule has 0 aliphatic heterocycles. The Kier molecular flexibility index (Phi) is 3.00. The van der Waals surface area contributed by atoms with Crippen LogP contribution >= 0.6 is 0 Å². The maximum Gasteiger partial charge on any atom is 0.433 e. The van der Waals surface area contributed by atoms with E-state index in [-0.39, 0.29) is 11.6 Å². The van der Waals surface area contributed by atoms with Crippen LogP contribution in [0.4, 0.5) is 19.0 Å². The highest BCUT2D eigenvalue weighted by molar-refractivity contribution is 5.76. The molecule has 0 saturated heterocycles. The standard InChI is InChI=1S/C9H8F3N5O2/c1-4(7(18)19)15-6-2-5(9(10,11)12)16-8-13-3-14-17(6)8/h2-4,15H,1H3,(H,18,19). The maximum absolute atomic E-state index is 12.6. The molecule has 2 aromatic rings. The molecule has 0 spiro atoms. The summed E-state index contributed by atoms with van der Waals surface area (Å²) in [6.45, 7) is 1.29. The number of nitrogens with one attached hydrogen (secondary N) is 1. The summed E-state index contributed by atoms with van der Waals surface area (Å²) in [7, 11) is 0. The Morgan fingerprint density at radius 3 is 2.79 bits per heavy atom. The first kappa shape index (κ1) is 13.1. The average Bonchev–Trinajstić information content (AvgIpc) is 2.75. The SMILES string of the molecule is CC(Nc1cc(C(F)(F)F)nc2ncnn12)C(=O)O. The number of aromatic nitrogens is 4. The number of carboxylic acids is 1. The molecule has 2 N–H and O–H groups in total. The second-order valence-corrected chi connectivity index (χ2v) is 3.70. The Morgan fingerprint density at radius 1 is 1.53 bits per heavy atom. The number of rotatable bonds is 3. The minimum Gasteiger partial charge on any atom is -0.480 e. The van der Waals surface area contributed by atoms with Crippen molar-refractivity contribution in [1.82, 2.24) is 19.6 Å². The van der Waals surface area contributed by atoms with Gasteiger partial charge in [0.15, 0.2) is 5.69 Å². The summed E-state index contributed by atoms with van der Waals surface area (Å²) in [5.41, 5.74) is -1.17. The van der Waals surface area contributed by atoms with Crippen molar-refractivity contribution in [3.63, 3.8) is 0 Å². The van der Waals surface area contributed by atoms with Crippen molar-refractivity contribution >= 4 is 17.6 Å². The quantitative estimate of drug-likeness (QED) is 0.869. The highest BCUT2D eigenvalue weighted by Crippen LogP contribution is 2.29. The number of alkyl halides is 3. The molecule has 0 amide bonds. The van der Waals surface area contributed by atoms with Gasteiger partial charge in [-0.1, -0.05) is 0 Å². The van der Waals surface area contributed by atoms with Gasteiger partial charge in [-0.2, -0.15) is 27.8 Å². The molecule has 0 aliphatic rings. The molecule has 0 aromatic carbocycles. The van der Waals surface area contributed by atoms with Crippen LogP contribution in [0.5, 0.6) is 0 Å². The lowest BCUT2D eigenvalue weighted by Gasteiger charge is -2.13. The Morgan fingerprint density at radius 2 is 2.21 bits per heavy atom. The van der Waals surface area contributed by atoms with Crippen LogP contribution in [0.15, 0.2) is 12.4 Å². The monoisotopic (exact) mass is 275 g/mol. The Balaban J connectivity index is 2.51. The van der Waals surface area contributed by atoms with Crippen LogP contribution in [-0.2, 0) is 11.0 Å². The minimum absolute atomic E-state index is 0.148. The van der Waals surface area contributed by atoms with Gasteiger partial charge in [-0.25, -0.2) is 4.98 Å². The van der Waals surface area contributed by atoms with Gasteiger partial charge in [0.05, 0.1) is 0 Å². The van der Waals surface area contributed by atoms with E-state index in [1.54, 1.807) is 0 Å². The van der Waals surface area contributed by atoms with E-state index in [1.165, 1.54) is 6.92 Å². The fourth-order valence-electron chi connectivity index (χ4n) is 1.34. The van der Waals surface area contributed by atoms with E-state index in [4.69, 9.17) is 5.11 Å². The van der Waals surface area contributed by atoms with Gasteiger partial charge < -0.3 is 10.4 Å². The van der Waals surface area contributed by atoms with Crippen LogP contribution in [0.2, 0.25) is 0 Å². The molecule has 1 atom stereocenters. The van der Waals surface area contributed by atoms with Crippen molar-refractivity contribution in [3.8, 4) is 0 Å². The van der Waals surface area contributed by atoms with E-state index in [9.17, 15) is 18.0 Å². The summed E-state index contributed by atoms with van der Waals surface area (Å²) in [4.78, 5) is 17.6. The van der Waals surface area contributed by atoms with Crippen LogP contribution in [-0.4, -0.2) is 36.7 Å². The van der Waals surface area contributed by atoms with Crippen molar-refractivity contribution in [2.75, 3.05) is 5.32 Å². The number of hydrogen-bond donors (Lipinski definition) is 2. The number of nitrogens with zero attached hydrogens (tertiary/aromatic N) is 4. The summed E-state index contributed by atoms with van der Waals surface area (Å²) in [5, 5.41) is 14.8. The van der Waals surface area contributed by atoms with E-state index in [2.05, 4.69) is 20.4 Å². The first-order valence-electron chi connectivity index (χ1n) is 5.06. The van der Waals surface area contributed by atoms with Crippen LogP contribution in [0.1, 0.15) is 12.6 Å². The second kappa shape index (κ2) is 4.37. The number of carboxylic acid groups (broad SMARTS) is 1. The molecule has 2 aromatic heterocycles. The molecule has 0 bridgehead atoms. The molecular formula is C9H8F3N5O2. The Bertz CT molecular complexity index is 624. The maximum atomic E-state index is 12.6. The highest BCUT2D eigenvalue weighted by atomic mass is 19.4. The summed E-state index contributed by atoms with van der Waals surface area (Å²) in [6, 6.07) is -0.405. The predicted octanol–water partition coefficient (Wildman–Crippen LogP) is 1.03. The summed E-state index contributed by atoms with van der Waals surface area (Å²) in [6.07, 6.45) is -3.63. The zero-order valence-electron chi connectivity index (χ0n) is 9.51. The van der Waals surface area contributed by atoms with Gasteiger partial charge in [0.1, 0.15) is 18.2 Å². The number of aliphatic carboxylic acids is 1. The third-order valence-corrected chi connectivity index (χ3v) is 2.28. The van der Waals surface area contributed by atoms with E-state index in [0.29, 0.717) is 6.07 Å². The fraction of sp³-hybridized carbons (Fsp3) is 0.333. The molecular weight excluding hydrogens is 267 g/mol. The van der Waals surface area contributed by atoms with E-state index >= 15 is 0 Å². The minimum atomic E-state index is -4.66. The molecule has 2 heterocycles. The van der Waals surface area contributed by atoms with E-state index in [0.717, 1.165) is 10.8 Å². The van der Waals surface area contributed by atoms with Crippen LogP contribution in [0, 0.1) is 0 Å². The molecule has 10 heteroatoms. The number of carbonyl (C=O) groups is 1. The topological polar surface area (TPSA) is 92.4 Å². The van der Waals surface area contributed by atoms with Crippen molar-refractivity contribution < 1.29 is 23.1 Å². The number of halogens is 3. The average molecular weight is 275 g/mol. The number of hydrogen-bond acceptors (Lipinski definition) is 5. The second-order valence-electron chi connectivity index (χ2n) is 3.70. The molecule has 0 saturated carbocycles. The van der Waals surface area contributed by atoms with Gasteiger partial charge in [-0.3, -0.25) is 4.79 Å². The molecule has 1 unspecified atom stereocenters. The predicted molar refractivity (Wildman–Crippen MR) is 56.5 cm³/mol. The highest BCUT2D eigenvalue weighted by Gasteiger charge is 2.34. The molecule has 19 heavy (non-hydrogen) atoms. The van der Waals surface area contributed by atoms with Crippen LogP contribution in [0.3, 0.4) is 0 Å². The van der Waals surface area contributed by atoms with Crippen molar-refractivity contribution in [2.24, 2.45) is 0 Å². The fourth-order valence-corrected chi connectivity index (χ4v) is 1.34. The first-order valence-corrected chi connectivity index (χ1v) is 5.06. The molecule has 0 aliphatic carbocycles. The number of anilines is 1. The molecule has 0 radical (unpaired) electrons. The first-order chi connectivity index (χ1) is 8.79. The Hall–Kier alpha value is -2.39.